The van der Waals surface area contributed by atoms with E-state index in [9.17, 15) is 18.6 Å². The Hall–Kier alpha value is -1.89. The Balaban J connectivity index is 2.13. The second kappa shape index (κ2) is 4.84. The number of benzene rings is 2. The number of para-hydroxylation sites is 1. The molecule has 5 nitrogen and oxygen atoms in total. The lowest BCUT2D eigenvalue weighted by atomic mass is 10.1. The fourth-order valence-corrected chi connectivity index (χ4v) is 4.00. The summed E-state index contributed by atoms with van der Waals surface area (Å²) in [4.78, 5) is 0.0797. The van der Waals surface area contributed by atoms with Gasteiger partial charge in [0.1, 0.15) is 6.10 Å². The van der Waals surface area contributed by atoms with E-state index in [1.165, 1.54) is 12.1 Å². The second-order valence-corrected chi connectivity index (χ2v) is 6.85. The summed E-state index contributed by atoms with van der Waals surface area (Å²) in [6.45, 7) is 1.86. The van der Waals surface area contributed by atoms with E-state index >= 15 is 0 Å². The molecule has 2 aromatic carbocycles. The average molecular weight is 305 g/mol. The van der Waals surface area contributed by atoms with Gasteiger partial charge in [-0.1, -0.05) is 35.9 Å². The van der Waals surface area contributed by atoms with E-state index in [2.05, 4.69) is 0 Å². The van der Waals surface area contributed by atoms with Gasteiger partial charge in [0.05, 0.1) is 10.6 Å². The standard InChI is InChI=1S/C15H15NO4S/c1-10-6-8-11(9-7-10)21(19,20)16-13-5-3-2-4-12(13)14(17)15(16)18/h2-9,14-15,17-18H,1H3. The maximum absolute atomic E-state index is 12.7. The van der Waals surface area contributed by atoms with Crippen molar-refractivity contribution in [3.8, 4) is 0 Å². The first-order chi connectivity index (χ1) is 9.93. The Labute approximate surface area is 123 Å². The Bertz CT molecular complexity index is 771. The monoisotopic (exact) mass is 305 g/mol. The minimum Gasteiger partial charge on any atom is -0.384 e. The van der Waals surface area contributed by atoms with Gasteiger partial charge in [-0.15, -0.1) is 0 Å². The summed E-state index contributed by atoms with van der Waals surface area (Å²) in [6, 6.07) is 12.9. The fraction of sp³-hybridized carbons (Fsp3) is 0.200. The van der Waals surface area contributed by atoms with Crippen LogP contribution in [0.1, 0.15) is 17.2 Å². The number of aliphatic hydroxyl groups is 2. The van der Waals surface area contributed by atoms with Crippen molar-refractivity contribution in [2.75, 3.05) is 4.31 Å². The van der Waals surface area contributed by atoms with Crippen molar-refractivity contribution in [1.82, 2.24) is 0 Å². The van der Waals surface area contributed by atoms with Crippen molar-refractivity contribution < 1.29 is 18.6 Å². The van der Waals surface area contributed by atoms with Crippen molar-refractivity contribution in [3.63, 3.8) is 0 Å². The zero-order valence-corrected chi connectivity index (χ0v) is 12.2. The van der Waals surface area contributed by atoms with E-state index in [1.54, 1.807) is 36.4 Å². The van der Waals surface area contributed by atoms with E-state index in [-0.39, 0.29) is 4.90 Å². The summed E-state index contributed by atoms with van der Waals surface area (Å²) in [5.74, 6) is 0. The van der Waals surface area contributed by atoms with Crippen LogP contribution in [-0.4, -0.2) is 24.9 Å². The van der Waals surface area contributed by atoms with E-state index in [0.29, 0.717) is 11.3 Å². The molecule has 2 unspecified atom stereocenters. The van der Waals surface area contributed by atoms with Crippen molar-refractivity contribution in [2.24, 2.45) is 0 Å². The number of hydrogen-bond acceptors (Lipinski definition) is 4. The minimum atomic E-state index is -3.93. The molecule has 1 aliphatic rings. The van der Waals surface area contributed by atoms with Crippen LogP contribution < -0.4 is 4.31 Å². The molecule has 110 valence electrons. The number of hydrogen-bond donors (Lipinski definition) is 2. The molecule has 2 aromatic rings. The van der Waals surface area contributed by atoms with Crippen LogP contribution in [0.3, 0.4) is 0 Å². The third kappa shape index (κ3) is 2.12. The van der Waals surface area contributed by atoms with Crippen molar-refractivity contribution in [1.29, 1.82) is 0 Å². The Morgan fingerprint density at radius 2 is 1.62 bits per heavy atom. The van der Waals surface area contributed by atoms with Crippen molar-refractivity contribution in [3.05, 3.63) is 59.7 Å². The summed E-state index contributed by atoms with van der Waals surface area (Å²) < 4.78 is 26.3. The zero-order chi connectivity index (χ0) is 15.2. The molecule has 0 radical (unpaired) electrons. The van der Waals surface area contributed by atoms with Gasteiger partial charge in [0.25, 0.3) is 10.0 Å². The minimum absolute atomic E-state index is 0.0797. The first-order valence-electron chi connectivity index (χ1n) is 6.49. The molecule has 3 rings (SSSR count). The quantitative estimate of drug-likeness (QED) is 0.882. The van der Waals surface area contributed by atoms with Crippen molar-refractivity contribution in [2.45, 2.75) is 24.2 Å². The highest BCUT2D eigenvalue weighted by molar-refractivity contribution is 7.92. The van der Waals surface area contributed by atoms with Crippen LogP contribution in [0.2, 0.25) is 0 Å². The molecule has 1 aliphatic heterocycles. The highest BCUT2D eigenvalue weighted by atomic mass is 32.2. The molecule has 0 fully saturated rings. The largest absolute Gasteiger partial charge is 0.384 e. The van der Waals surface area contributed by atoms with Gasteiger partial charge < -0.3 is 10.2 Å². The molecule has 0 spiro atoms. The molecule has 0 amide bonds. The van der Waals surface area contributed by atoms with E-state index in [0.717, 1.165) is 9.87 Å². The van der Waals surface area contributed by atoms with E-state index < -0.39 is 22.4 Å². The second-order valence-electron chi connectivity index (χ2n) is 5.03. The van der Waals surface area contributed by atoms with Crippen LogP contribution in [-0.2, 0) is 10.0 Å². The Morgan fingerprint density at radius 3 is 2.29 bits per heavy atom. The lowest BCUT2D eigenvalue weighted by Gasteiger charge is -2.24. The smallest absolute Gasteiger partial charge is 0.266 e. The zero-order valence-electron chi connectivity index (χ0n) is 11.3. The molecule has 2 atom stereocenters. The van der Waals surface area contributed by atoms with Crippen LogP contribution in [0.4, 0.5) is 5.69 Å². The fourth-order valence-electron chi connectivity index (χ4n) is 2.47. The van der Waals surface area contributed by atoms with E-state index in [4.69, 9.17) is 0 Å². The summed E-state index contributed by atoms with van der Waals surface area (Å²) in [5, 5.41) is 20.1. The number of aliphatic hydroxyl groups excluding tert-OH is 2. The lowest BCUT2D eigenvalue weighted by molar-refractivity contribution is 0.0375. The van der Waals surface area contributed by atoms with Gasteiger partial charge in [-0.3, -0.25) is 0 Å². The molecule has 0 aromatic heterocycles. The summed E-state index contributed by atoms with van der Waals surface area (Å²) in [7, 11) is -3.93. The first-order valence-corrected chi connectivity index (χ1v) is 7.93. The third-order valence-corrected chi connectivity index (χ3v) is 5.39. The molecule has 6 heteroatoms. The van der Waals surface area contributed by atoms with Gasteiger partial charge in [-0.25, -0.2) is 12.7 Å². The average Bonchev–Trinajstić information content (AvgIpc) is 2.72. The summed E-state index contributed by atoms with van der Waals surface area (Å²) in [5.41, 5.74) is 1.65. The summed E-state index contributed by atoms with van der Waals surface area (Å²) in [6.07, 6.45) is -2.77. The normalized spacial score (nSPS) is 21.4. The molecule has 0 bridgehead atoms. The number of anilines is 1. The molecule has 0 saturated heterocycles. The highest BCUT2D eigenvalue weighted by Gasteiger charge is 2.43. The van der Waals surface area contributed by atoms with Crippen LogP contribution in [0.5, 0.6) is 0 Å². The van der Waals surface area contributed by atoms with Crippen molar-refractivity contribution >= 4 is 15.7 Å². The van der Waals surface area contributed by atoms with Gasteiger partial charge in [0.15, 0.2) is 6.23 Å². The van der Waals surface area contributed by atoms with Gasteiger partial charge in [-0.2, -0.15) is 0 Å². The number of aryl methyl sites for hydroxylation is 1. The Kier molecular flexibility index (Phi) is 3.24. The maximum Gasteiger partial charge on any atom is 0.266 e. The van der Waals surface area contributed by atoms with Crippen LogP contribution in [0, 0.1) is 6.92 Å². The molecule has 1 heterocycles. The SMILES string of the molecule is Cc1ccc(S(=O)(=O)N2c3ccccc3C(O)C2O)cc1. The number of sulfonamides is 1. The van der Waals surface area contributed by atoms with Crippen LogP contribution in [0.25, 0.3) is 0 Å². The van der Waals surface area contributed by atoms with Crippen LogP contribution >= 0.6 is 0 Å². The number of nitrogens with zero attached hydrogens (tertiary/aromatic N) is 1. The maximum atomic E-state index is 12.7. The van der Waals surface area contributed by atoms with Gasteiger partial charge in [-0.05, 0) is 25.1 Å². The molecule has 2 N–H and O–H groups in total. The van der Waals surface area contributed by atoms with Crippen LogP contribution in [0.15, 0.2) is 53.4 Å². The highest BCUT2D eigenvalue weighted by Crippen LogP contribution is 2.41. The lowest BCUT2D eigenvalue weighted by Crippen LogP contribution is -2.39. The predicted octanol–water partition coefficient (Wildman–Crippen LogP) is 1.56. The van der Waals surface area contributed by atoms with E-state index in [1.807, 2.05) is 6.92 Å². The number of rotatable bonds is 2. The molecule has 0 saturated carbocycles. The summed E-state index contributed by atoms with van der Waals surface area (Å²) >= 11 is 0. The third-order valence-electron chi connectivity index (χ3n) is 3.59. The van der Waals surface area contributed by atoms with Gasteiger partial charge >= 0.3 is 0 Å². The Morgan fingerprint density at radius 1 is 1.00 bits per heavy atom. The molecular formula is C15H15NO4S. The first kappa shape index (κ1) is 14.1. The molecule has 0 aliphatic carbocycles. The number of fused-ring (bicyclic) bond motifs is 1. The molecular weight excluding hydrogens is 290 g/mol. The van der Waals surface area contributed by atoms with Gasteiger partial charge in [0, 0.05) is 5.56 Å². The van der Waals surface area contributed by atoms with Gasteiger partial charge in [0.2, 0.25) is 0 Å². The molecule has 21 heavy (non-hydrogen) atoms. The topological polar surface area (TPSA) is 77.8 Å². The predicted molar refractivity (Wildman–Crippen MR) is 78.3 cm³/mol.